The van der Waals surface area contributed by atoms with Gasteiger partial charge in [0.15, 0.2) is 17.1 Å². The molecule has 0 spiro atoms. The van der Waals surface area contributed by atoms with E-state index in [2.05, 4.69) is 0 Å². The van der Waals surface area contributed by atoms with E-state index in [4.69, 9.17) is 23.7 Å². The molecule has 0 aliphatic carbocycles. The van der Waals surface area contributed by atoms with E-state index in [1.54, 1.807) is 32.0 Å². The Morgan fingerprint density at radius 2 is 1.71 bits per heavy atom. The number of ether oxygens (including phenoxy) is 5. The highest BCUT2D eigenvalue weighted by Gasteiger charge is 2.34. The van der Waals surface area contributed by atoms with Crippen LogP contribution in [-0.2, 0) is 20.9 Å². The molecule has 148 valence electrons. The molecule has 1 heterocycles. The predicted molar refractivity (Wildman–Crippen MR) is 101 cm³/mol. The number of fused-ring (bicyclic) bond motifs is 1. The summed E-state index contributed by atoms with van der Waals surface area (Å²) >= 11 is 0. The Labute approximate surface area is 163 Å². The topological polar surface area (TPSA) is 80.3 Å². The van der Waals surface area contributed by atoms with E-state index in [-0.39, 0.29) is 12.6 Å². The molecule has 0 unspecified atom stereocenters. The average molecular weight is 386 g/mol. The van der Waals surface area contributed by atoms with Gasteiger partial charge < -0.3 is 23.7 Å². The Morgan fingerprint density at radius 1 is 1.00 bits per heavy atom. The van der Waals surface area contributed by atoms with Crippen LogP contribution in [0.3, 0.4) is 0 Å². The quantitative estimate of drug-likeness (QED) is 0.704. The zero-order chi connectivity index (χ0) is 20.5. The second-order valence-corrected chi connectivity index (χ2v) is 6.73. The summed E-state index contributed by atoms with van der Waals surface area (Å²) in [5.41, 5.74) is 1.53. The van der Waals surface area contributed by atoms with Crippen LogP contribution in [0.5, 0.6) is 17.2 Å². The second-order valence-electron chi connectivity index (χ2n) is 6.73. The molecule has 0 bridgehead atoms. The average Bonchev–Trinajstić information content (AvgIpc) is 3.06. The number of carbonyl (C=O) groups excluding carboxylic acids is 2. The number of carbonyl (C=O) groups is 2. The molecule has 2 aromatic rings. The third kappa shape index (κ3) is 3.35. The fraction of sp³-hybridized carbons (Fsp3) is 0.333. The first-order chi connectivity index (χ1) is 13.3. The van der Waals surface area contributed by atoms with E-state index in [0.29, 0.717) is 28.4 Å². The maximum absolute atomic E-state index is 12.2. The van der Waals surface area contributed by atoms with Gasteiger partial charge in [0.05, 0.1) is 26.9 Å². The van der Waals surface area contributed by atoms with Crippen molar-refractivity contribution in [2.24, 2.45) is 0 Å². The number of hydrogen-bond acceptors (Lipinski definition) is 7. The lowest BCUT2D eigenvalue weighted by atomic mass is 9.98. The van der Waals surface area contributed by atoms with Crippen molar-refractivity contribution in [3.05, 3.63) is 41.5 Å². The first-order valence-electron chi connectivity index (χ1n) is 8.65. The zero-order valence-electron chi connectivity index (χ0n) is 16.5. The Bertz CT molecular complexity index is 931. The van der Waals surface area contributed by atoms with Crippen molar-refractivity contribution in [3.8, 4) is 28.4 Å². The van der Waals surface area contributed by atoms with Gasteiger partial charge in [-0.3, -0.25) is 0 Å². The number of benzene rings is 2. The van der Waals surface area contributed by atoms with Crippen LogP contribution in [-0.4, -0.2) is 38.9 Å². The lowest BCUT2D eigenvalue weighted by Gasteiger charge is -2.27. The Kier molecular flexibility index (Phi) is 5.18. The van der Waals surface area contributed by atoms with E-state index in [1.807, 2.05) is 12.1 Å². The Hall–Kier alpha value is -3.22. The van der Waals surface area contributed by atoms with Crippen molar-refractivity contribution in [1.29, 1.82) is 0 Å². The van der Waals surface area contributed by atoms with Crippen LogP contribution in [0.15, 0.2) is 30.3 Å². The Morgan fingerprint density at radius 3 is 2.36 bits per heavy atom. The molecule has 0 saturated carbocycles. The lowest BCUT2D eigenvalue weighted by molar-refractivity contribution is -0.156. The first kappa shape index (κ1) is 19.5. The molecule has 2 aromatic carbocycles. The van der Waals surface area contributed by atoms with Crippen molar-refractivity contribution in [2.45, 2.75) is 26.1 Å². The van der Waals surface area contributed by atoms with E-state index in [1.165, 1.54) is 21.3 Å². The van der Waals surface area contributed by atoms with Gasteiger partial charge in [0.1, 0.15) is 6.61 Å². The van der Waals surface area contributed by atoms with Gasteiger partial charge >= 0.3 is 11.9 Å². The number of methoxy groups -OCH3 is 3. The second kappa shape index (κ2) is 7.42. The van der Waals surface area contributed by atoms with Crippen molar-refractivity contribution < 1.29 is 33.3 Å². The van der Waals surface area contributed by atoms with Gasteiger partial charge in [-0.1, -0.05) is 6.07 Å². The van der Waals surface area contributed by atoms with Crippen LogP contribution in [0.4, 0.5) is 0 Å². The van der Waals surface area contributed by atoms with Crippen LogP contribution in [0.1, 0.15) is 29.8 Å². The summed E-state index contributed by atoms with van der Waals surface area (Å²) in [5.74, 6) is 0.280. The van der Waals surface area contributed by atoms with Crippen molar-refractivity contribution in [3.63, 3.8) is 0 Å². The van der Waals surface area contributed by atoms with Crippen molar-refractivity contribution in [2.75, 3.05) is 21.3 Å². The van der Waals surface area contributed by atoms with E-state index in [9.17, 15) is 9.59 Å². The van der Waals surface area contributed by atoms with E-state index < -0.39 is 11.6 Å². The zero-order valence-corrected chi connectivity index (χ0v) is 16.5. The molecule has 3 rings (SSSR count). The predicted octanol–water partition coefficient (Wildman–Crippen LogP) is 3.37. The largest absolute Gasteiger partial charge is 0.493 e. The van der Waals surface area contributed by atoms with Gasteiger partial charge in [-0.05, 0) is 43.7 Å². The molecule has 0 fully saturated rings. The minimum atomic E-state index is -1.26. The maximum Gasteiger partial charge on any atom is 0.349 e. The number of rotatable bonds is 6. The molecular formula is C21H22O7. The van der Waals surface area contributed by atoms with Crippen molar-refractivity contribution in [1.82, 2.24) is 0 Å². The normalized spacial score (nSPS) is 12.8. The number of cyclic esters (lactones) is 1. The van der Waals surface area contributed by atoms with E-state index in [0.717, 1.165) is 11.1 Å². The molecule has 7 heteroatoms. The van der Waals surface area contributed by atoms with Gasteiger partial charge in [-0.15, -0.1) is 0 Å². The number of esters is 2. The summed E-state index contributed by atoms with van der Waals surface area (Å²) in [6, 6.07) is 8.93. The van der Waals surface area contributed by atoms with E-state index >= 15 is 0 Å². The van der Waals surface area contributed by atoms with Gasteiger partial charge in [-0.25, -0.2) is 9.59 Å². The van der Waals surface area contributed by atoms with Gasteiger partial charge in [0.25, 0.3) is 0 Å². The fourth-order valence-electron chi connectivity index (χ4n) is 3.07. The molecule has 28 heavy (non-hydrogen) atoms. The van der Waals surface area contributed by atoms with Crippen LogP contribution in [0.25, 0.3) is 11.1 Å². The minimum absolute atomic E-state index is 0.221. The molecule has 0 saturated heterocycles. The third-order valence-electron chi connectivity index (χ3n) is 4.53. The highest BCUT2D eigenvalue weighted by molar-refractivity contribution is 5.94. The van der Waals surface area contributed by atoms with Gasteiger partial charge in [-0.2, -0.15) is 0 Å². The molecule has 0 radical (unpaired) electrons. The molecule has 0 atom stereocenters. The summed E-state index contributed by atoms with van der Waals surface area (Å²) in [6.45, 7) is 3.44. The smallest absolute Gasteiger partial charge is 0.349 e. The highest BCUT2D eigenvalue weighted by Crippen LogP contribution is 2.46. The summed E-state index contributed by atoms with van der Waals surface area (Å²) in [5, 5.41) is 0. The summed E-state index contributed by atoms with van der Waals surface area (Å²) in [6.07, 6.45) is 0. The first-order valence-corrected chi connectivity index (χ1v) is 8.65. The number of hydrogen-bond donors (Lipinski definition) is 0. The molecular weight excluding hydrogens is 364 g/mol. The fourth-order valence-corrected chi connectivity index (χ4v) is 3.07. The Balaban J connectivity index is 2.16. The molecule has 1 aliphatic heterocycles. The van der Waals surface area contributed by atoms with Crippen LogP contribution >= 0.6 is 0 Å². The highest BCUT2D eigenvalue weighted by atomic mass is 16.6. The molecule has 7 nitrogen and oxygen atoms in total. The summed E-state index contributed by atoms with van der Waals surface area (Å²) in [7, 11) is 4.31. The minimum Gasteiger partial charge on any atom is -0.493 e. The lowest BCUT2D eigenvalue weighted by Crippen LogP contribution is -2.39. The van der Waals surface area contributed by atoms with Crippen molar-refractivity contribution >= 4 is 11.9 Å². The van der Waals surface area contributed by atoms with Crippen LogP contribution in [0.2, 0.25) is 0 Å². The standard InChI is InChI=1S/C21H22O7/c1-21(2,20(23)26-5)28-17-14(8-9-16(24-3)18(17)25-4)12-6-7-15-13(10-12)11-27-19(15)22/h6-10H,11H2,1-5H3. The SMILES string of the molecule is COC(=O)C(C)(C)Oc1c(-c2ccc3c(c2)COC3=O)ccc(OC)c1OC. The molecule has 1 aliphatic rings. The monoisotopic (exact) mass is 386 g/mol. The molecule has 0 aromatic heterocycles. The summed E-state index contributed by atoms with van der Waals surface area (Å²) < 4.78 is 26.9. The molecule has 0 amide bonds. The van der Waals surface area contributed by atoms with Gasteiger partial charge in [0.2, 0.25) is 5.75 Å². The maximum atomic E-state index is 12.2. The van der Waals surface area contributed by atoms with Crippen LogP contribution in [0, 0.1) is 0 Å². The van der Waals surface area contributed by atoms with Gasteiger partial charge in [0, 0.05) is 11.1 Å². The summed E-state index contributed by atoms with van der Waals surface area (Å²) in [4.78, 5) is 23.9. The van der Waals surface area contributed by atoms with Crippen LogP contribution < -0.4 is 14.2 Å². The molecule has 0 N–H and O–H groups in total. The third-order valence-corrected chi connectivity index (χ3v) is 4.53.